The van der Waals surface area contributed by atoms with E-state index in [9.17, 15) is 18.3 Å². The molecule has 0 aliphatic heterocycles. The van der Waals surface area contributed by atoms with Crippen LogP contribution in [0.5, 0.6) is 5.75 Å². The van der Waals surface area contributed by atoms with Crippen LogP contribution < -0.4 is 5.73 Å². The van der Waals surface area contributed by atoms with Crippen molar-refractivity contribution in [3.05, 3.63) is 42.1 Å². The Bertz CT molecular complexity index is 826. The molecule has 3 aromatic rings. The predicted molar refractivity (Wildman–Crippen MR) is 69.5 cm³/mol. The molecule has 0 atom stereocenters. The Labute approximate surface area is 116 Å². The molecule has 3 N–H and O–H groups in total. The van der Waals surface area contributed by atoms with Crippen molar-refractivity contribution in [1.29, 1.82) is 0 Å². The van der Waals surface area contributed by atoms with Crippen LogP contribution in [0, 0.1) is 0 Å². The number of rotatable bonds is 1. The van der Waals surface area contributed by atoms with Crippen molar-refractivity contribution < 1.29 is 18.3 Å². The number of fused-ring (bicyclic) bond motifs is 1. The molecule has 0 bridgehead atoms. The maximum atomic E-state index is 12.6. The number of benzene rings is 1. The van der Waals surface area contributed by atoms with Crippen molar-refractivity contribution in [2.45, 2.75) is 6.18 Å². The summed E-state index contributed by atoms with van der Waals surface area (Å²) in [5.74, 6) is -0.378. The summed E-state index contributed by atoms with van der Waals surface area (Å²) >= 11 is 0. The second kappa shape index (κ2) is 4.37. The minimum atomic E-state index is -4.52. The topological polar surface area (TPSA) is 76.4 Å². The first-order chi connectivity index (χ1) is 9.88. The molecule has 0 radical (unpaired) electrons. The normalized spacial score (nSPS) is 12.0. The van der Waals surface area contributed by atoms with Gasteiger partial charge in [-0.1, -0.05) is 0 Å². The van der Waals surface area contributed by atoms with E-state index in [-0.39, 0.29) is 17.2 Å². The number of aromatic nitrogens is 3. The van der Waals surface area contributed by atoms with Gasteiger partial charge in [0.25, 0.3) is 0 Å². The summed E-state index contributed by atoms with van der Waals surface area (Å²) in [7, 11) is 0. The first kappa shape index (κ1) is 13.2. The van der Waals surface area contributed by atoms with Crippen LogP contribution >= 0.6 is 0 Å². The summed E-state index contributed by atoms with van der Waals surface area (Å²) in [5, 5.41) is 17.5. The van der Waals surface area contributed by atoms with E-state index in [0.29, 0.717) is 11.6 Å². The lowest BCUT2D eigenvalue weighted by atomic mass is 10.1. The van der Waals surface area contributed by atoms with Gasteiger partial charge in [-0.25, -0.2) is 0 Å². The lowest BCUT2D eigenvalue weighted by Crippen LogP contribution is -2.05. The molecule has 2 heterocycles. The number of nitrogens with two attached hydrogens (primary N) is 1. The summed E-state index contributed by atoms with van der Waals surface area (Å²) in [6, 6.07) is 6.07. The number of halogens is 3. The first-order valence-corrected chi connectivity index (χ1v) is 5.88. The van der Waals surface area contributed by atoms with Crippen LogP contribution in [0.3, 0.4) is 0 Å². The van der Waals surface area contributed by atoms with Crippen molar-refractivity contribution in [3.63, 3.8) is 0 Å². The number of phenols is 1. The summed E-state index contributed by atoms with van der Waals surface area (Å²) in [6.45, 7) is 0. The van der Waals surface area contributed by atoms with Gasteiger partial charge in [0, 0.05) is 11.8 Å². The zero-order chi connectivity index (χ0) is 15.2. The molecule has 3 rings (SSSR count). The maximum Gasteiger partial charge on any atom is 0.416 e. The number of anilines is 1. The maximum absolute atomic E-state index is 12.6. The summed E-state index contributed by atoms with van der Waals surface area (Å²) < 4.78 is 39.3. The summed E-state index contributed by atoms with van der Waals surface area (Å²) in [6.07, 6.45) is -2.88. The molecule has 0 saturated carbocycles. The van der Waals surface area contributed by atoms with Crippen LogP contribution in [0.15, 0.2) is 36.5 Å². The molecule has 0 spiro atoms. The van der Waals surface area contributed by atoms with Crippen molar-refractivity contribution in [3.8, 4) is 17.0 Å². The third-order valence-electron chi connectivity index (χ3n) is 3.07. The third kappa shape index (κ3) is 2.14. The number of nitrogens with zero attached hydrogens (tertiary/aromatic N) is 3. The Morgan fingerprint density at radius 1 is 1.14 bits per heavy atom. The van der Waals surface area contributed by atoms with Crippen molar-refractivity contribution >= 4 is 11.5 Å². The highest BCUT2D eigenvalue weighted by Crippen LogP contribution is 2.37. The molecular formula is C13H9F3N4O. The van der Waals surface area contributed by atoms with Crippen molar-refractivity contribution in [1.82, 2.24) is 14.6 Å². The highest BCUT2D eigenvalue weighted by molar-refractivity contribution is 5.81. The van der Waals surface area contributed by atoms with Gasteiger partial charge in [-0.3, -0.25) is 4.40 Å². The quantitative estimate of drug-likeness (QED) is 0.723. The van der Waals surface area contributed by atoms with E-state index in [1.54, 1.807) is 18.3 Å². The molecule has 0 aliphatic rings. The SMILES string of the molecule is Nc1nnc(-c2ccc(C(F)(F)F)cc2O)c2cccn12. The second-order valence-electron chi connectivity index (χ2n) is 4.40. The van der Waals surface area contributed by atoms with E-state index < -0.39 is 17.5 Å². The molecule has 0 unspecified atom stereocenters. The number of phenolic OH excluding ortho intramolecular Hbond substituents is 1. The van der Waals surface area contributed by atoms with Gasteiger partial charge < -0.3 is 10.8 Å². The molecule has 2 aromatic heterocycles. The fourth-order valence-electron chi connectivity index (χ4n) is 2.07. The Hall–Kier alpha value is -2.77. The Kier molecular flexibility index (Phi) is 2.75. The van der Waals surface area contributed by atoms with Gasteiger partial charge >= 0.3 is 6.18 Å². The van der Waals surface area contributed by atoms with Gasteiger partial charge in [-0.05, 0) is 30.3 Å². The summed E-state index contributed by atoms with van der Waals surface area (Å²) in [5.41, 5.74) is 5.65. The van der Waals surface area contributed by atoms with E-state index >= 15 is 0 Å². The lowest BCUT2D eigenvalue weighted by molar-refractivity contribution is -0.137. The van der Waals surface area contributed by atoms with Crippen LogP contribution in [-0.4, -0.2) is 19.7 Å². The van der Waals surface area contributed by atoms with Gasteiger partial charge in [0.2, 0.25) is 5.95 Å². The molecular weight excluding hydrogens is 285 g/mol. The molecule has 0 saturated heterocycles. The largest absolute Gasteiger partial charge is 0.507 e. The number of hydrogen-bond donors (Lipinski definition) is 2. The smallest absolute Gasteiger partial charge is 0.416 e. The van der Waals surface area contributed by atoms with Crippen LogP contribution in [0.25, 0.3) is 16.8 Å². The Morgan fingerprint density at radius 3 is 2.57 bits per heavy atom. The molecule has 0 aliphatic carbocycles. The predicted octanol–water partition coefficient (Wildman–Crippen LogP) is 2.70. The van der Waals surface area contributed by atoms with Crippen LogP contribution in [0.2, 0.25) is 0 Å². The highest BCUT2D eigenvalue weighted by atomic mass is 19.4. The van der Waals surface area contributed by atoms with Crippen LogP contribution in [0.1, 0.15) is 5.56 Å². The number of nitrogen functional groups attached to an aromatic ring is 1. The van der Waals surface area contributed by atoms with Gasteiger partial charge in [0.15, 0.2) is 0 Å². The van der Waals surface area contributed by atoms with Crippen molar-refractivity contribution in [2.24, 2.45) is 0 Å². The third-order valence-corrected chi connectivity index (χ3v) is 3.07. The summed E-state index contributed by atoms with van der Waals surface area (Å²) in [4.78, 5) is 0. The molecule has 5 nitrogen and oxygen atoms in total. The zero-order valence-corrected chi connectivity index (χ0v) is 10.5. The Balaban J connectivity index is 2.20. The minimum absolute atomic E-state index is 0.144. The monoisotopic (exact) mass is 294 g/mol. The molecule has 21 heavy (non-hydrogen) atoms. The average molecular weight is 294 g/mol. The zero-order valence-electron chi connectivity index (χ0n) is 10.5. The Morgan fingerprint density at radius 2 is 1.90 bits per heavy atom. The van der Waals surface area contributed by atoms with E-state index in [4.69, 9.17) is 5.73 Å². The van der Waals surface area contributed by atoms with Crippen LogP contribution in [-0.2, 0) is 6.18 Å². The van der Waals surface area contributed by atoms with E-state index in [2.05, 4.69) is 10.2 Å². The van der Waals surface area contributed by atoms with Gasteiger partial charge in [0.1, 0.15) is 11.4 Å². The van der Waals surface area contributed by atoms with Gasteiger partial charge in [-0.15, -0.1) is 10.2 Å². The first-order valence-electron chi connectivity index (χ1n) is 5.88. The van der Waals surface area contributed by atoms with E-state index in [0.717, 1.165) is 12.1 Å². The van der Waals surface area contributed by atoms with Crippen LogP contribution in [0.4, 0.5) is 19.1 Å². The molecule has 0 amide bonds. The standard InChI is InChI=1S/C13H9F3N4O/c14-13(15,16)7-3-4-8(10(21)6-7)11-9-2-1-5-20(9)12(17)19-18-11/h1-6,21H,(H2,17,19). The molecule has 108 valence electrons. The van der Waals surface area contributed by atoms with Gasteiger partial charge in [0.05, 0.1) is 11.1 Å². The van der Waals surface area contributed by atoms with Crippen molar-refractivity contribution in [2.75, 3.05) is 5.73 Å². The second-order valence-corrected chi connectivity index (χ2v) is 4.40. The number of aromatic hydroxyl groups is 1. The number of hydrogen-bond acceptors (Lipinski definition) is 4. The van der Waals surface area contributed by atoms with Gasteiger partial charge in [-0.2, -0.15) is 13.2 Å². The fraction of sp³-hybridized carbons (Fsp3) is 0.0769. The molecule has 1 aromatic carbocycles. The van der Waals surface area contributed by atoms with E-state index in [1.807, 2.05) is 0 Å². The molecule has 8 heteroatoms. The lowest BCUT2D eigenvalue weighted by Gasteiger charge is -2.10. The fourth-order valence-corrected chi connectivity index (χ4v) is 2.07. The highest BCUT2D eigenvalue weighted by Gasteiger charge is 2.31. The minimum Gasteiger partial charge on any atom is -0.507 e. The number of alkyl halides is 3. The average Bonchev–Trinajstić information content (AvgIpc) is 2.89. The van der Waals surface area contributed by atoms with E-state index in [1.165, 1.54) is 4.40 Å². The molecule has 0 fully saturated rings.